The second-order valence-electron chi connectivity index (χ2n) is 6.67. The molecular formula is C18H22FN5O2. The van der Waals surface area contributed by atoms with E-state index in [1.165, 1.54) is 12.1 Å². The van der Waals surface area contributed by atoms with Gasteiger partial charge in [-0.2, -0.15) is 5.10 Å². The van der Waals surface area contributed by atoms with Crippen molar-refractivity contribution in [2.24, 2.45) is 5.73 Å². The maximum atomic E-state index is 13.0. The first kappa shape index (κ1) is 17.9. The zero-order valence-electron chi connectivity index (χ0n) is 14.5. The zero-order chi connectivity index (χ0) is 18.7. The highest BCUT2D eigenvalue weighted by Gasteiger charge is 2.41. The number of carbonyl (C=O) groups is 2. The van der Waals surface area contributed by atoms with Crippen LogP contribution < -0.4 is 16.4 Å². The second kappa shape index (κ2) is 7.15. The van der Waals surface area contributed by atoms with Crippen LogP contribution in [-0.4, -0.2) is 27.3 Å². The Hall–Kier alpha value is -2.90. The van der Waals surface area contributed by atoms with Gasteiger partial charge in [0.25, 0.3) is 0 Å². The number of nitrogens with two attached hydrogens (primary N) is 1. The van der Waals surface area contributed by atoms with E-state index in [2.05, 4.69) is 15.7 Å². The van der Waals surface area contributed by atoms with Crippen molar-refractivity contribution in [3.8, 4) is 5.69 Å². The van der Waals surface area contributed by atoms with Crippen LogP contribution in [0.5, 0.6) is 0 Å². The Morgan fingerprint density at radius 3 is 2.54 bits per heavy atom. The molecule has 26 heavy (non-hydrogen) atoms. The third-order valence-electron chi connectivity index (χ3n) is 4.82. The number of halogens is 1. The van der Waals surface area contributed by atoms with E-state index in [1.807, 2.05) is 6.92 Å². The molecule has 1 saturated carbocycles. The summed E-state index contributed by atoms with van der Waals surface area (Å²) in [7, 11) is 0. The molecule has 3 rings (SSSR count). The third-order valence-corrected chi connectivity index (χ3v) is 4.82. The van der Waals surface area contributed by atoms with Gasteiger partial charge in [0.2, 0.25) is 5.91 Å². The Morgan fingerprint density at radius 2 is 1.92 bits per heavy atom. The lowest BCUT2D eigenvalue weighted by Gasteiger charge is -2.27. The van der Waals surface area contributed by atoms with Crippen LogP contribution in [0.3, 0.4) is 0 Å². The van der Waals surface area contributed by atoms with E-state index >= 15 is 0 Å². The van der Waals surface area contributed by atoms with Gasteiger partial charge in [-0.25, -0.2) is 13.9 Å². The summed E-state index contributed by atoms with van der Waals surface area (Å²) >= 11 is 0. The van der Waals surface area contributed by atoms with Crippen molar-refractivity contribution in [3.63, 3.8) is 0 Å². The van der Waals surface area contributed by atoms with Crippen molar-refractivity contribution in [2.75, 3.05) is 0 Å². The maximum Gasteiger partial charge on any atom is 0.316 e. The summed E-state index contributed by atoms with van der Waals surface area (Å²) in [5.74, 6) is -0.815. The molecule has 4 N–H and O–H groups in total. The van der Waals surface area contributed by atoms with Gasteiger partial charge < -0.3 is 16.4 Å². The van der Waals surface area contributed by atoms with Crippen molar-refractivity contribution < 1.29 is 14.0 Å². The van der Waals surface area contributed by atoms with Gasteiger partial charge >= 0.3 is 6.03 Å². The highest BCUT2D eigenvalue weighted by molar-refractivity contribution is 5.90. The number of hydrogen-bond donors (Lipinski definition) is 3. The van der Waals surface area contributed by atoms with E-state index in [-0.39, 0.29) is 11.9 Å². The van der Waals surface area contributed by atoms with Gasteiger partial charge in [-0.3, -0.25) is 4.79 Å². The van der Waals surface area contributed by atoms with E-state index in [9.17, 15) is 14.0 Å². The Labute approximate surface area is 150 Å². The number of nitrogens with zero attached hydrogens (tertiary/aromatic N) is 2. The lowest BCUT2D eigenvalue weighted by molar-refractivity contribution is -0.123. The molecule has 1 aliphatic carbocycles. The lowest BCUT2D eigenvalue weighted by atomic mass is 9.97. The van der Waals surface area contributed by atoms with Crippen LogP contribution in [0, 0.1) is 5.82 Å². The van der Waals surface area contributed by atoms with Crippen LogP contribution in [0.15, 0.2) is 36.7 Å². The van der Waals surface area contributed by atoms with E-state index in [0.29, 0.717) is 18.5 Å². The molecule has 0 aliphatic heterocycles. The van der Waals surface area contributed by atoms with Gasteiger partial charge in [-0.05, 0) is 44.0 Å². The molecule has 1 fully saturated rings. The summed E-state index contributed by atoms with van der Waals surface area (Å²) in [6.45, 7) is 1.82. The fraction of sp³-hybridized carbons (Fsp3) is 0.389. The zero-order valence-corrected chi connectivity index (χ0v) is 14.5. The smallest absolute Gasteiger partial charge is 0.316 e. The Kier molecular flexibility index (Phi) is 4.92. The molecule has 1 aromatic carbocycles. The molecular weight excluding hydrogens is 337 g/mol. The largest absolute Gasteiger partial charge is 0.368 e. The van der Waals surface area contributed by atoms with E-state index in [4.69, 9.17) is 5.73 Å². The molecule has 0 bridgehead atoms. The quantitative estimate of drug-likeness (QED) is 0.762. The second-order valence-corrected chi connectivity index (χ2v) is 6.67. The number of nitrogens with one attached hydrogen (secondary N) is 2. The number of amides is 3. The van der Waals surface area contributed by atoms with Crippen molar-refractivity contribution in [1.29, 1.82) is 0 Å². The van der Waals surface area contributed by atoms with Crippen molar-refractivity contribution in [1.82, 2.24) is 20.4 Å². The summed E-state index contributed by atoms with van der Waals surface area (Å²) in [5.41, 5.74) is 6.02. The monoisotopic (exact) mass is 359 g/mol. The molecule has 0 saturated heterocycles. The number of rotatable bonds is 5. The summed E-state index contributed by atoms with van der Waals surface area (Å²) in [6, 6.07) is 5.19. The van der Waals surface area contributed by atoms with Crippen LogP contribution in [-0.2, 0) is 4.79 Å². The molecule has 7 nitrogen and oxygen atoms in total. The number of hydrogen-bond acceptors (Lipinski definition) is 3. The highest BCUT2D eigenvalue weighted by atomic mass is 19.1. The predicted octanol–water partition coefficient (Wildman–Crippen LogP) is 2.17. The Morgan fingerprint density at radius 1 is 1.27 bits per heavy atom. The van der Waals surface area contributed by atoms with Crippen LogP contribution >= 0.6 is 0 Å². The number of carbonyl (C=O) groups excluding carboxylic acids is 2. The van der Waals surface area contributed by atoms with Gasteiger partial charge in [0, 0.05) is 11.8 Å². The molecule has 0 unspecified atom stereocenters. The first-order valence-electron chi connectivity index (χ1n) is 8.59. The average molecular weight is 359 g/mol. The molecule has 1 aliphatic rings. The molecule has 138 valence electrons. The van der Waals surface area contributed by atoms with Gasteiger partial charge in [-0.15, -0.1) is 0 Å². The van der Waals surface area contributed by atoms with E-state index in [1.54, 1.807) is 29.2 Å². The van der Waals surface area contributed by atoms with Crippen LogP contribution in [0.2, 0.25) is 0 Å². The van der Waals surface area contributed by atoms with Gasteiger partial charge in [0.05, 0.1) is 17.9 Å². The molecule has 1 heterocycles. The van der Waals surface area contributed by atoms with E-state index < -0.39 is 17.5 Å². The maximum absolute atomic E-state index is 13.0. The molecule has 0 radical (unpaired) electrons. The minimum atomic E-state index is -0.956. The van der Waals surface area contributed by atoms with Crippen LogP contribution in [0.25, 0.3) is 5.69 Å². The number of aromatic nitrogens is 2. The summed E-state index contributed by atoms with van der Waals surface area (Å²) in [4.78, 5) is 24.0. The molecule has 1 aromatic heterocycles. The third kappa shape index (κ3) is 3.68. The average Bonchev–Trinajstić information content (AvgIpc) is 3.25. The van der Waals surface area contributed by atoms with Crippen LogP contribution in [0.1, 0.15) is 44.2 Å². The summed E-state index contributed by atoms with van der Waals surface area (Å²) in [5, 5.41) is 9.79. The van der Waals surface area contributed by atoms with Gasteiger partial charge in [0.1, 0.15) is 11.4 Å². The first-order chi connectivity index (χ1) is 12.4. The topological polar surface area (TPSA) is 102 Å². The van der Waals surface area contributed by atoms with E-state index in [0.717, 1.165) is 18.4 Å². The molecule has 3 amide bonds. The Bertz CT molecular complexity index is 796. The highest BCUT2D eigenvalue weighted by Crippen LogP contribution is 2.29. The SMILES string of the molecule is C[C@@H](NC(=O)NC1(C(N)=O)CCCC1)c1cnn(-c2ccc(F)cc2)c1. The van der Waals surface area contributed by atoms with Crippen molar-refractivity contribution in [2.45, 2.75) is 44.2 Å². The predicted molar refractivity (Wildman–Crippen MR) is 94.0 cm³/mol. The normalized spacial score (nSPS) is 16.8. The minimum Gasteiger partial charge on any atom is -0.368 e. The molecule has 1 atom stereocenters. The summed E-state index contributed by atoms with van der Waals surface area (Å²) in [6.07, 6.45) is 6.25. The first-order valence-corrected chi connectivity index (χ1v) is 8.59. The van der Waals surface area contributed by atoms with Gasteiger partial charge in [-0.1, -0.05) is 12.8 Å². The molecule has 8 heteroatoms. The summed E-state index contributed by atoms with van der Waals surface area (Å²) < 4.78 is 14.6. The fourth-order valence-corrected chi connectivity index (χ4v) is 3.24. The Balaban J connectivity index is 1.64. The number of urea groups is 1. The molecule has 2 aromatic rings. The number of primary amides is 1. The van der Waals surface area contributed by atoms with Gasteiger partial charge in [0.15, 0.2) is 0 Å². The fourth-order valence-electron chi connectivity index (χ4n) is 3.24. The number of benzene rings is 1. The molecule has 0 spiro atoms. The van der Waals surface area contributed by atoms with Crippen LogP contribution in [0.4, 0.5) is 9.18 Å². The standard InChI is InChI=1S/C18H22FN5O2/c1-12(22-17(26)23-18(16(20)25)8-2-3-9-18)13-10-21-24(11-13)15-6-4-14(19)5-7-15/h4-7,10-12H,2-3,8-9H2,1H3,(H2,20,25)(H2,22,23,26)/t12-/m1/s1. The van der Waals surface area contributed by atoms with Crippen molar-refractivity contribution >= 4 is 11.9 Å². The van der Waals surface area contributed by atoms with Crippen molar-refractivity contribution in [3.05, 3.63) is 48.0 Å². The minimum absolute atomic E-state index is 0.317. The lowest BCUT2D eigenvalue weighted by Crippen LogP contribution is -2.58.